The van der Waals surface area contributed by atoms with Gasteiger partial charge in [0.2, 0.25) is 5.91 Å². The van der Waals surface area contributed by atoms with Crippen LogP contribution in [0.2, 0.25) is 0 Å². The lowest BCUT2D eigenvalue weighted by atomic mass is 10.1. The highest BCUT2D eigenvalue weighted by Gasteiger charge is 2.14. The largest absolute Gasteiger partial charge is 0.497 e. The fraction of sp³-hybridized carbons (Fsp3) is 0.154. The predicted molar refractivity (Wildman–Crippen MR) is 126 cm³/mol. The first kappa shape index (κ1) is 21.2. The maximum absolute atomic E-state index is 12.7. The van der Waals surface area contributed by atoms with E-state index in [9.17, 15) is 9.59 Å². The molecule has 3 aromatic carbocycles. The molecule has 0 bridgehead atoms. The smallest absolute Gasteiger partial charge is 0.253 e. The number of carbonyl (C=O) groups is 2. The minimum absolute atomic E-state index is 0.173. The third-order valence-electron chi connectivity index (χ3n) is 5.33. The molecule has 32 heavy (non-hydrogen) atoms. The number of benzene rings is 3. The van der Waals surface area contributed by atoms with Crippen LogP contribution in [0.5, 0.6) is 5.75 Å². The molecule has 4 aromatic rings. The second kappa shape index (κ2) is 9.83. The molecular weight excluding hydrogens is 402 g/mol. The van der Waals surface area contributed by atoms with Crippen LogP contribution >= 0.6 is 0 Å². The Kier molecular flexibility index (Phi) is 6.51. The predicted octanol–water partition coefficient (Wildman–Crippen LogP) is 4.33. The number of aromatic amines is 1. The van der Waals surface area contributed by atoms with Crippen molar-refractivity contribution in [2.24, 2.45) is 0 Å². The van der Waals surface area contributed by atoms with Crippen LogP contribution in [0, 0.1) is 0 Å². The molecule has 1 aromatic heterocycles. The minimum atomic E-state index is -0.221. The third kappa shape index (κ3) is 4.98. The Bertz CT molecular complexity index is 1230. The van der Waals surface area contributed by atoms with Gasteiger partial charge in [0.1, 0.15) is 5.75 Å². The quantitative estimate of drug-likeness (QED) is 0.391. The van der Waals surface area contributed by atoms with Gasteiger partial charge in [-0.25, -0.2) is 0 Å². The van der Waals surface area contributed by atoms with Crippen molar-refractivity contribution in [3.63, 3.8) is 0 Å². The maximum atomic E-state index is 12.7. The average Bonchev–Trinajstić information content (AvgIpc) is 3.22. The van der Waals surface area contributed by atoms with E-state index in [0.29, 0.717) is 24.2 Å². The number of hydrogen-bond donors (Lipinski definition) is 3. The van der Waals surface area contributed by atoms with E-state index < -0.39 is 0 Å². The molecule has 6 nitrogen and oxygen atoms in total. The first-order valence-electron chi connectivity index (χ1n) is 10.5. The van der Waals surface area contributed by atoms with Crippen molar-refractivity contribution in [1.82, 2.24) is 10.3 Å². The fourth-order valence-corrected chi connectivity index (χ4v) is 3.64. The van der Waals surface area contributed by atoms with E-state index in [4.69, 9.17) is 4.74 Å². The zero-order valence-corrected chi connectivity index (χ0v) is 17.9. The molecule has 0 fully saturated rings. The maximum Gasteiger partial charge on any atom is 0.253 e. The second-order valence-electron chi connectivity index (χ2n) is 7.48. The molecule has 4 rings (SSSR count). The standard InChI is InChI=1S/C26H25N3O3/c1-32-20-12-10-18(11-13-20)14-15-27-26(31)22-7-3-5-9-24(22)29-25(30)16-19-17-28-23-8-4-2-6-21(19)23/h2-13,17,28H,14-16H2,1H3,(H,27,31)(H,29,30). The summed E-state index contributed by atoms with van der Waals surface area (Å²) in [7, 11) is 1.63. The van der Waals surface area contributed by atoms with Crippen molar-refractivity contribution in [3.05, 3.63) is 95.7 Å². The highest BCUT2D eigenvalue weighted by molar-refractivity contribution is 6.04. The van der Waals surface area contributed by atoms with Gasteiger partial charge in [0, 0.05) is 23.6 Å². The van der Waals surface area contributed by atoms with Gasteiger partial charge >= 0.3 is 0 Å². The number of hydrogen-bond acceptors (Lipinski definition) is 3. The third-order valence-corrected chi connectivity index (χ3v) is 5.33. The van der Waals surface area contributed by atoms with Crippen molar-refractivity contribution >= 4 is 28.4 Å². The van der Waals surface area contributed by atoms with E-state index in [1.807, 2.05) is 54.7 Å². The molecule has 0 saturated heterocycles. The number of fused-ring (bicyclic) bond motifs is 1. The SMILES string of the molecule is COc1ccc(CCNC(=O)c2ccccc2NC(=O)Cc2c[nH]c3ccccc23)cc1. The summed E-state index contributed by atoms with van der Waals surface area (Å²) < 4.78 is 5.16. The van der Waals surface area contributed by atoms with Gasteiger partial charge in [0.15, 0.2) is 0 Å². The van der Waals surface area contributed by atoms with Crippen LogP contribution in [0.15, 0.2) is 79.0 Å². The summed E-state index contributed by atoms with van der Waals surface area (Å²) in [5, 5.41) is 6.84. The van der Waals surface area contributed by atoms with Gasteiger partial charge in [0.05, 0.1) is 24.8 Å². The number of aromatic nitrogens is 1. The van der Waals surface area contributed by atoms with E-state index in [1.165, 1.54) is 0 Å². The molecule has 162 valence electrons. The van der Waals surface area contributed by atoms with E-state index >= 15 is 0 Å². The molecule has 0 radical (unpaired) electrons. The summed E-state index contributed by atoms with van der Waals surface area (Å²) in [6.45, 7) is 0.489. The highest BCUT2D eigenvalue weighted by Crippen LogP contribution is 2.20. The molecule has 0 saturated carbocycles. The summed E-state index contributed by atoms with van der Waals surface area (Å²) in [6.07, 6.45) is 2.77. The number of rotatable bonds is 8. The summed E-state index contributed by atoms with van der Waals surface area (Å²) in [6, 6.07) is 22.6. The molecule has 0 aliphatic carbocycles. The summed E-state index contributed by atoms with van der Waals surface area (Å²) in [4.78, 5) is 28.6. The van der Waals surface area contributed by atoms with Crippen LogP contribution in [-0.2, 0) is 17.6 Å². The Morgan fingerprint density at radius 1 is 0.938 bits per heavy atom. The second-order valence-corrected chi connectivity index (χ2v) is 7.48. The average molecular weight is 428 g/mol. The summed E-state index contributed by atoms with van der Waals surface area (Å²) >= 11 is 0. The normalized spacial score (nSPS) is 10.7. The highest BCUT2D eigenvalue weighted by atomic mass is 16.5. The molecule has 0 spiro atoms. The Morgan fingerprint density at radius 3 is 2.50 bits per heavy atom. The summed E-state index contributed by atoms with van der Waals surface area (Å²) in [5.74, 6) is 0.407. The number of amides is 2. The first-order chi connectivity index (χ1) is 15.6. The number of carbonyl (C=O) groups excluding carboxylic acids is 2. The fourth-order valence-electron chi connectivity index (χ4n) is 3.64. The molecule has 0 unspecified atom stereocenters. The Balaban J connectivity index is 1.37. The van der Waals surface area contributed by atoms with Gasteiger partial charge in [0.25, 0.3) is 5.91 Å². The van der Waals surface area contributed by atoms with E-state index in [2.05, 4.69) is 15.6 Å². The molecule has 0 atom stereocenters. The number of nitrogens with one attached hydrogen (secondary N) is 3. The monoisotopic (exact) mass is 427 g/mol. The van der Waals surface area contributed by atoms with Gasteiger partial charge in [-0.2, -0.15) is 0 Å². The zero-order valence-electron chi connectivity index (χ0n) is 17.9. The van der Waals surface area contributed by atoms with E-state index in [1.54, 1.807) is 31.4 Å². The minimum Gasteiger partial charge on any atom is -0.497 e. The number of methoxy groups -OCH3 is 1. The van der Waals surface area contributed by atoms with E-state index in [-0.39, 0.29) is 18.2 Å². The first-order valence-corrected chi connectivity index (χ1v) is 10.5. The molecule has 2 amide bonds. The van der Waals surface area contributed by atoms with Crippen LogP contribution in [-0.4, -0.2) is 30.5 Å². The van der Waals surface area contributed by atoms with Crippen LogP contribution in [0.4, 0.5) is 5.69 Å². The lowest BCUT2D eigenvalue weighted by Gasteiger charge is -2.12. The summed E-state index contributed by atoms with van der Waals surface area (Å²) in [5.41, 5.74) is 3.95. The van der Waals surface area contributed by atoms with Gasteiger partial charge < -0.3 is 20.4 Å². The van der Waals surface area contributed by atoms with Crippen molar-refractivity contribution in [2.75, 3.05) is 19.0 Å². The van der Waals surface area contributed by atoms with E-state index in [0.717, 1.165) is 27.8 Å². The van der Waals surface area contributed by atoms with Crippen molar-refractivity contribution < 1.29 is 14.3 Å². The zero-order chi connectivity index (χ0) is 22.3. The topological polar surface area (TPSA) is 83.2 Å². The van der Waals surface area contributed by atoms with Crippen molar-refractivity contribution in [2.45, 2.75) is 12.8 Å². The number of H-pyrrole nitrogens is 1. The van der Waals surface area contributed by atoms with Crippen LogP contribution in [0.25, 0.3) is 10.9 Å². The Hall–Kier alpha value is -4.06. The van der Waals surface area contributed by atoms with Crippen LogP contribution < -0.4 is 15.4 Å². The molecule has 6 heteroatoms. The Morgan fingerprint density at radius 2 is 1.69 bits per heavy atom. The number of ether oxygens (including phenoxy) is 1. The number of para-hydroxylation sites is 2. The lowest BCUT2D eigenvalue weighted by molar-refractivity contribution is -0.115. The van der Waals surface area contributed by atoms with Crippen molar-refractivity contribution in [1.29, 1.82) is 0 Å². The number of anilines is 1. The Labute approximate surface area is 186 Å². The molecular formula is C26H25N3O3. The van der Waals surface area contributed by atoms with Crippen LogP contribution in [0.3, 0.4) is 0 Å². The van der Waals surface area contributed by atoms with Crippen molar-refractivity contribution in [3.8, 4) is 5.75 Å². The molecule has 3 N–H and O–H groups in total. The molecule has 0 aliphatic rings. The van der Waals surface area contributed by atoms with Gasteiger partial charge in [-0.3, -0.25) is 9.59 Å². The van der Waals surface area contributed by atoms with Gasteiger partial charge in [-0.15, -0.1) is 0 Å². The van der Waals surface area contributed by atoms with Gasteiger partial charge in [-0.05, 0) is 47.9 Å². The van der Waals surface area contributed by atoms with Crippen LogP contribution in [0.1, 0.15) is 21.5 Å². The lowest BCUT2D eigenvalue weighted by Crippen LogP contribution is -2.27. The molecule has 0 aliphatic heterocycles. The van der Waals surface area contributed by atoms with Gasteiger partial charge in [-0.1, -0.05) is 42.5 Å². The molecule has 1 heterocycles.